The summed E-state index contributed by atoms with van der Waals surface area (Å²) in [5, 5.41) is 12.5. The first-order valence-electron chi connectivity index (χ1n) is 9.89. The molecule has 1 amide bonds. The molecule has 0 radical (unpaired) electrons. The van der Waals surface area contributed by atoms with Crippen LogP contribution in [0.25, 0.3) is 10.8 Å². The van der Waals surface area contributed by atoms with Crippen molar-refractivity contribution in [1.82, 2.24) is 20.9 Å². The van der Waals surface area contributed by atoms with Gasteiger partial charge in [0.25, 0.3) is 0 Å². The molecule has 0 saturated carbocycles. The molecule has 2 aromatic carbocycles. The highest BCUT2D eigenvalue weighted by molar-refractivity contribution is 5.87. The summed E-state index contributed by atoms with van der Waals surface area (Å²) in [5.41, 5.74) is 7.48. The van der Waals surface area contributed by atoms with Crippen molar-refractivity contribution in [2.45, 2.75) is 12.5 Å². The fraction of sp³-hybridized carbons (Fsp3) is 0.476. The van der Waals surface area contributed by atoms with Crippen LogP contribution in [0.2, 0.25) is 0 Å². The molecule has 1 aliphatic rings. The third-order valence-electron chi connectivity index (χ3n) is 5.02. The summed E-state index contributed by atoms with van der Waals surface area (Å²) in [6.45, 7) is 6.64. The number of hydrogen-bond acceptors (Lipinski definition) is 5. The molecule has 0 bridgehead atoms. The lowest BCUT2D eigenvalue weighted by atomic mass is 9.98. The van der Waals surface area contributed by atoms with Crippen molar-refractivity contribution >= 4 is 16.7 Å². The lowest BCUT2D eigenvalue weighted by molar-refractivity contribution is -0.132. The molecule has 146 valence electrons. The summed E-state index contributed by atoms with van der Waals surface area (Å²) < 4.78 is 0. The first-order chi connectivity index (χ1) is 13.3. The fourth-order valence-electron chi connectivity index (χ4n) is 3.52. The van der Waals surface area contributed by atoms with Crippen LogP contribution in [0.1, 0.15) is 5.56 Å². The average Bonchev–Trinajstić information content (AvgIpc) is 2.68. The number of amides is 1. The van der Waals surface area contributed by atoms with Crippen LogP contribution < -0.4 is 21.7 Å². The van der Waals surface area contributed by atoms with E-state index in [2.05, 4.69) is 40.2 Å². The second-order valence-electron chi connectivity index (χ2n) is 7.02. The van der Waals surface area contributed by atoms with Crippen molar-refractivity contribution in [1.29, 1.82) is 0 Å². The first kappa shape index (κ1) is 19.8. The van der Waals surface area contributed by atoms with Crippen LogP contribution in [0.5, 0.6) is 0 Å². The minimum absolute atomic E-state index is 0.0294. The van der Waals surface area contributed by atoms with Crippen LogP contribution in [-0.4, -0.2) is 69.2 Å². The maximum Gasteiger partial charge on any atom is 0.239 e. The van der Waals surface area contributed by atoms with Gasteiger partial charge in [0, 0.05) is 52.4 Å². The zero-order valence-corrected chi connectivity index (χ0v) is 15.9. The highest BCUT2D eigenvalue weighted by Gasteiger charge is 2.21. The average molecular weight is 370 g/mol. The Balaban J connectivity index is 1.64. The van der Waals surface area contributed by atoms with Crippen LogP contribution in [0.4, 0.5) is 0 Å². The molecule has 1 atom stereocenters. The van der Waals surface area contributed by atoms with Crippen molar-refractivity contribution in [2.24, 2.45) is 5.73 Å². The Morgan fingerprint density at radius 3 is 2.19 bits per heavy atom. The van der Waals surface area contributed by atoms with E-state index >= 15 is 0 Å². The number of nitrogens with two attached hydrogens (primary N) is 1. The summed E-state index contributed by atoms with van der Waals surface area (Å²) in [4.78, 5) is 14.9. The molecule has 3 rings (SSSR count). The summed E-state index contributed by atoms with van der Waals surface area (Å²) in [6, 6.07) is 13.9. The van der Waals surface area contributed by atoms with Crippen LogP contribution in [-0.2, 0) is 11.2 Å². The third-order valence-corrected chi connectivity index (χ3v) is 5.02. The molecule has 0 aromatic heterocycles. The summed E-state index contributed by atoms with van der Waals surface area (Å²) in [5.74, 6) is 0.0294. The third kappa shape index (κ3) is 5.74. The maximum absolute atomic E-state index is 13.0. The molecule has 0 spiro atoms. The van der Waals surface area contributed by atoms with Gasteiger partial charge in [-0.2, -0.15) is 0 Å². The van der Waals surface area contributed by atoms with Gasteiger partial charge in [0.05, 0.1) is 6.04 Å². The highest BCUT2D eigenvalue weighted by atomic mass is 16.2. The quantitative estimate of drug-likeness (QED) is 0.627. The Bertz CT molecular complexity index is 718. The molecule has 5 N–H and O–H groups in total. The van der Waals surface area contributed by atoms with E-state index in [0.717, 1.165) is 44.8 Å². The van der Waals surface area contributed by atoms with E-state index in [1.165, 1.54) is 10.8 Å². The Morgan fingerprint density at radius 2 is 1.48 bits per heavy atom. The van der Waals surface area contributed by atoms with E-state index in [9.17, 15) is 4.79 Å². The Kier molecular flexibility index (Phi) is 7.59. The predicted molar refractivity (Wildman–Crippen MR) is 111 cm³/mol. The SMILES string of the molecule is N[C@@H](Cc1cccc2ccccc12)C(=O)N1CCNCCNCCNCC1. The predicted octanol–water partition coefficient (Wildman–Crippen LogP) is 0.321. The van der Waals surface area contributed by atoms with Crippen LogP contribution in [0, 0.1) is 0 Å². The highest BCUT2D eigenvalue weighted by Crippen LogP contribution is 2.19. The largest absolute Gasteiger partial charge is 0.339 e. The molecule has 2 aromatic rings. The minimum atomic E-state index is -0.523. The standard InChI is InChI=1S/C21H31N5O/c22-20(16-18-6-3-5-17-4-1-2-7-19(17)18)21(27)26-14-12-24-10-8-23-9-11-25-13-15-26/h1-7,20,23-25H,8-16,22H2/t20-/m0/s1. The van der Waals surface area contributed by atoms with E-state index in [1.807, 2.05) is 23.1 Å². The fourth-order valence-corrected chi connectivity index (χ4v) is 3.52. The smallest absolute Gasteiger partial charge is 0.239 e. The van der Waals surface area contributed by atoms with E-state index < -0.39 is 6.04 Å². The summed E-state index contributed by atoms with van der Waals surface area (Å²) in [7, 11) is 0. The molecule has 1 saturated heterocycles. The van der Waals surface area contributed by atoms with Crippen LogP contribution in [0.15, 0.2) is 42.5 Å². The number of nitrogens with one attached hydrogen (secondary N) is 3. The van der Waals surface area contributed by atoms with E-state index in [-0.39, 0.29) is 5.91 Å². The number of nitrogens with zero attached hydrogens (tertiary/aromatic N) is 1. The molecule has 1 fully saturated rings. The molecule has 6 nitrogen and oxygen atoms in total. The molecular weight excluding hydrogens is 338 g/mol. The zero-order valence-electron chi connectivity index (χ0n) is 15.9. The van der Waals surface area contributed by atoms with Gasteiger partial charge in [0.15, 0.2) is 0 Å². The van der Waals surface area contributed by atoms with Gasteiger partial charge < -0.3 is 26.6 Å². The molecule has 6 heteroatoms. The maximum atomic E-state index is 13.0. The van der Waals surface area contributed by atoms with E-state index in [4.69, 9.17) is 5.73 Å². The normalized spacial score (nSPS) is 18.5. The van der Waals surface area contributed by atoms with Crippen molar-refractivity contribution in [3.05, 3.63) is 48.0 Å². The topological polar surface area (TPSA) is 82.4 Å². The number of carbonyl (C=O) groups excluding carboxylic acids is 1. The Morgan fingerprint density at radius 1 is 0.889 bits per heavy atom. The Hall–Kier alpha value is -1.99. The van der Waals surface area contributed by atoms with Gasteiger partial charge in [-0.05, 0) is 22.8 Å². The van der Waals surface area contributed by atoms with Crippen LogP contribution >= 0.6 is 0 Å². The van der Waals surface area contributed by atoms with E-state index in [0.29, 0.717) is 19.5 Å². The monoisotopic (exact) mass is 369 g/mol. The second kappa shape index (κ2) is 10.4. The van der Waals surface area contributed by atoms with Gasteiger partial charge in [-0.1, -0.05) is 42.5 Å². The lowest BCUT2D eigenvalue weighted by Crippen LogP contribution is -2.50. The van der Waals surface area contributed by atoms with Crippen LogP contribution in [0.3, 0.4) is 0 Å². The van der Waals surface area contributed by atoms with Gasteiger partial charge in [-0.25, -0.2) is 0 Å². The van der Waals surface area contributed by atoms with Gasteiger partial charge >= 0.3 is 0 Å². The van der Waals surface area contributed by atoms with Crippen molar-refractivity contribution in [3.8, 4) is 0 Å². The summed E-state index contributed by atoms with van der Waals surface area (Å²) >= 11 is 0. The van der Waals surface area contributed by atoms with Gasteiger partial charge in [0.1, 0.15) is 0 Å². The van der Waals surface area contributed by atoms with Gasteiger partial charge in [-0.15, -0.1) is 0 Å². The second-order valence-corrected chi connectivity index (χ2v) is 7.02. The molecule has 0 unspecified atom stereocenters. The van der Waals surface area contributed by atoms with E-state index in [1.54, 1.807) is 0 Å². The number of benzene rings is 2. The molecule has 1 heterocycles. The zero-order chi connectivity index (χ0) is 18.9. The van der Waals surface area contributed by atoms with Gasteiger partial charge in [-0.3, -0.25) is 4.79 Å². The first-order valence-corrected chi connectivity index (χ1v) is 9.89. The van der Waals surface area contributed by atoms with Crippen molar-refractivity contribution in [2.75, 3.05) is 52.4 Å². The molecule has 27 heavy (non-hydrogen) atoms. The number of carbonyl (C=O) groups is 1. The van der Waals surface area contributed by atoms with Crippen molar-refractivity contribution < 1.29 is 4.79 Å². The minimum Gasteiger partial charge on any atom is -0.339 e. The summed E-state index contributed by atoms with van der Waals surface area (Å²) in [6.07, 6.45) is 0.557. The van der Waals surface area contributed by atoms with Gasteiger partial charge in [0.2, 0.25) is 5.91 Å². The molecule has 1 aliphatic heterocycles. The molecule has 0 aliphatic carbocycles. The van der Waals surface area contributed by atoms with Crippen molar-refractivity contribution in [3.63, 3.8) is 0 Å². The Labute approximate surface area is 161 Å². The number of fused-ring (bicyclic) bond motifs is 1. The molecular formula is C21H31N5O. The number of hydrogen-bond donors (Lipinski definition) is 4. The number of rotatable bonds is 3. The lowest BCUT2D eigenvalue weighted by Gasteiger charge is -2.27.